The van der Waals surface area contributed by atoms with Crippen LogP contribution in [-0.4, -0.2) is 158 Å². The SMILES string of the molecule is COc1c(Nc2cc(Nc3ccc(C(=O)NCC[C@H](CCC(=O)CCOCCN4C(=O)C=CC4=O)C(=O)N4CCN(c5cccc6c5CN(C5CCC(=O)NC5=O)C6=O)CC4)cn3)ncc2C(N)=O)cccc1-c1ncn(C)n1. The third-order valence-corrected chi connectivity index (χ3v) is 14.1. The van der Waals surface area contributed by atoms with Crippen molar-refractivity contribution in [2.24, 2.45) is 18.7 Å². The molecule has 4 aliphatic rings. The van der Waals surface area contributed by atoms with E-state index in [1.54, 1.807) is 71.5 Å². The van der Waals surface area contributed by atoms with E-state index in [9.17, 15) is 43.2 Å². The number of nitrogens with one attached hydrogen (secondary N) is 4. The van der Waals surface area contributed by atoms with Crippen molar-refractivity contribution in [3.05, 3.63) is 108 Å². The number of piperidine rings is 1. The molecule has 1 unspecified atom stereocenters. The number of rotatable bonds is 23. The lowest BCUT2D eigenvalue weighted by atomic mass is 9.95. The van der Waals surface area contributed by atoms with E-state index >= 15 is 0 Å². The first-order valence-corrected chi connectivity index (χ1v) is 25.7. The lowest BCUT2D eigenvalue weighted by Crippen LogP contribution is -2.52. The van der Waals surface area contributed by atoms with Gasteiger partial charge in [-0.1, -0.05) is 12.1 Å². The second-order valence-corrected chi connectivity index (χ2v) is 19.1. The highest BCUT2D eigenvalue weighted by Gasteiger charge is 2.41. The molecule has 2 atom stereocenters. The zero-order chi connectivity index (χ0) is 55.7. The molecule has 2 saturated heterocycles. The molecule has 0 saturated carbocycles. The number of primary amides is 1. The highest BCUT2D eigenvalue weighted by Crippen LogP contribution is 2.38. The molecule has 8 amide bonds. The number of hydrogen-bond donors (Lipinski definition) is 5. The van der Waals surface area contributed by atoms with E-state index in [1.165, 1.54) is 36.6 Å². The van der Waals surface area contributed by atoms with E-state index in [0.29, 0.717) is 71.9 Å². The van der Waals surface area contributed by atoms with Gasteiger partial charge in [0, 0.05) is 119 Å². The molecule has 5 aromatic rings. The molecule has 410 valence electrons. The Bertz CT molecular complexity index is 3230. The standard InChI is InChI=1S/C54H58N14O11/c1-64-31-59-50(63-64)36-6-3-7-39(48(36)78-2)60-40-27-44(58-29-37(40)49(55)73)61-43-13-10-33(28-57-43)51(74)56-19-17-32(9-11-34(69)18-25-79-26-24-67-46(71)15-16-47(67)72)53(76)66-22-20-65(21-23-66)41-8-4-5-35-38(41)30-68(54(35)77)42-12-14-45(70)62-52(42)75/h3-8,10,13,15-16,27-29,31-32,42H,9,11-12,14,17-26,30H2,1-2H3,(H2,55,73)(H,56,74)(H,62,70,75)(H2,57,58,60,61)/t32-,42?/m0/s1. The quantitative estimate of drug-likeness (QED) is 0.0463. The number of para-hydroxylation sites is 1. The van der Waals surface area contributed by atoms with E-state index in [1.807, 2.05) is 6.07 Å². The summed E-state index contributed by atoms with van der Waals surface area (Å²) in [6.07, 6.45) is 7.57. The monoisotopic (exact) mass is 1080 g/mol. The van der Waals surface area contributed by atoms with E-state index in [4.69, 9.17) is 15.2 Å². The molecule has 2 aromatic carbocycles. The number of piperazine rings is 1. The summed E-state index contributed by atoms with van der Waals surface area (Å²) in [7, 11) is 3.26. The Morgan fingerprint density at radius 1 is 0.835 bits per heavy atom. The predicted octanol–water partition coefficient (Wildman–Crippen LogP) is 2.39. The van der Waals surface area contributed by atoms with Crippen LogP contribution in [0.15, 0.2) is 85.5 Å². The molecule has 0 bridgehead atoms. The average molecular weight is 1080 g/mol. The number of carbonyl (C=O) groups excluding carboxylic acids is 9. The number of Topliss-reactive ketones (excluding diaryl/α,β-unsaturated/α-hetero) is 1. The smallest absolute Gasteiger partial charge is 0.255 e. The zero-order valence-electron chi connectivity index (χ0n) is 43.4. The fourth-order valence-electron chi connectivity index (χ4n) is 9.90. The Labute approximate surface area is 452 Å². The minimum Gasteiger partial charge on any atom is -0.494 e. The number of methoxy groups -OCH3 is 1. The molecule has 0 aliphatic carbocycles. The van der Waals surface area contributed by atoms with Crippen molar-refractivity contribution in [1.82, 2.24) is 50.1 Å². The Kier molecular flexibility index (Phi) is 16.7. The maximum atomic E-state index is 14.3. The van der Waals surface area contributed by atoms with Gasteiger partial charge >= 0.3 is 0 Å². The molecule has 4 aliphatic heterocycles. The first kappa shape index (κ1) is 54.4. The summed E-state index contributed by atoms with van der Waals surface area (Å²) in [6.45, 7) is 2.07. The molecule has 7 heterocycles. The summed E-state index contributed by atoms with van der Waals surface area (Å²) in [5, 5.41) is 15.9. The molecule has 25 heteroatoms. The summed E-state index contributed by atoms with van der Waals surface area (Å²) in [4.78, 5) is 135. The average Bonchev–Trinajstić information content (AvgIpc) is 4.30. The number of carbonyl (C=O) groups is 9. The molecular formula is C54H58N14O11. The number of amides is 8. The van der Waals surface area contributed by atoms with Crippen molar-refractivity contribution in [1.29, 1.82) is 0 Å². The van der Waals surface area contributed by atoms with E-state index in [0.717, 1.165) is 16.2 Å². The van der Waals surface area contributed by atoms with Gasteiger partial charge in [-0.2, -0.15) is 5.10 Å². The van der Waals surface area contributed by atoms with Gasteiger partial charge in [-0.15, -0.1) is 0 Å². The van der Waals surface area contributed by atoms with Crippen LogP contribution in [0.5, 0.6) is 5.75 Å². The van der Waals surface area contributed by atoms with Crippen LogP contribution >= 0.6 is 0 Å². The number of aromatic nitrogens is 5. The molecule has 6 N–H and O–H groups in total. The second-order valence-electron chi connectivity index (χ2n) is 19.1. The number of ether oxygens (including phenoxy) is 2. The van der Waals surface area contributed by atoms with E-state index in [-0.39, 0.29) is 106 Å². The molecule has 0 spiro atoms. The minimum absolute atomic E-state index is 0.0566. The van der Waals surface area contributed by atoms with Crippen LogP contribution in [0, 0.1) is 5.92 Å². The number of fused-ring (bicyclic) bond motifs is 1. The summed E-state index contributed by atoms with van der Waals surface area (Å²) >= 11 is 0. The van der Waals surface area contributed by atoms with Crippen LogP contribution in [0.25, 0.3) is 11.4 Å². The van der Waals surface area contributed by atoms with Gasteiger partial charge < -0.3 is 45.9 Å². The first-order valence-electron chi connectivity index (χ1n) is 25.7. The highest BCUT2D eigenvalue weighted by atomic mass is 16.5. The number of aryl methyl sites for hydroxylation is 1. The maximum Gasteiger partial charge on any atom is 0.255 e. The fraction of sp³-hybridized carbons (Fsp3) is 0.352. The molecule has 2 fully saturated rings. The number of nitrogens with zero attached hydrogens (tertiary/aromatic N) is 9. The zero-order valence-corrected chi connectivity index (χ0v) is 43.4. The van der Waals surface area contributed by atoms with E-state index < -0.39 is 41.5 Å². The molecule has 25 nitrogen and oxygen atoms in total. The van der Waals surface area contributed by atoms with Crippen LogP contribution < -0.4 is 36.6 Å². The minimum atomic E-state index is -0.755. The van der Waals surface area contributed by atoms with Crippen LogP contribution in [-0.2, 0) is 47.1 Å². The number of hydrogen-bond acceptors (Lipinski definition) is 18. The largest absolute Gasteiger partial charge is 0.494 e. The first-order chi connectivity index (χ1) is 38.1. The highest BCUT2D eigenvalue weighted by molar-refractivity contribution is 6.13. The molecule has 9 rings (SSSR count). The van der Waals surface area contributed by atoms with Crippen molar-refractivity contribution >= 4 is 81.7 Å². The normalized spacial score (nSPS) is 16.5. The number of anilines is 5. The molecule has 3 aromatic heterocycles. The lowest BCUT2D eigenvalue weighted by Gasteiger charge is -2.38. The van der Waals surface area contributed by atoms with Gasteiger partial charge in [0.15, 0.2) is 11.6 Å². The number of imide groups is 2. The summed E-state index contributed by atoms with van der Waals surface area (Å²) in [6, 6.07) is 14.8. The van der Waals surface area contributed by atoms with Crippen molar-refractivity contribution in [2.75, 3.05) is 75.1 Å². The van der Waals surface area contributed by atoms with Gasteiger partial charge in [-0.05, 0) is 55.7 Å². The summed E-state index contributed by atoms with van der Waals surface area (Å²) in [5.41, 5.74) is 9.59. The van der Waals surface area contributed by atoms with Crippen molar-refractivity contribution in [2.45, 2.75) is 51.1 Å². The van der Waals surface area contributed by atoms with Gasteiger partial charge in [0.25, 0.3) is 29.5 Å². The number of benzene rings is 2. The third kappa shape index (κ3) is 12.6. The number of pyridine rings is 2. The maximum absolute atomic E-state index is 14.3. The number of ketones is 1. The van der Waals surface area contributed by atoms with Crippen molar-refractivity contribution < 1.29 is 52.6 Å². The van der Waals surface area contributed by atoms with Gasteiger partial charge in [0.05, 0.1) is 54.9 Å². The summed E-state index contributed by atoms with van der Waals surface area (Å²) < 4.78 is 12.9. The van der Waals surface area contributed by atoms with Gasteiger partial charge in [0.2, 0.25) is 17.7 Å². The molecular weight excluding hydrogens is 1020 g/mol. The Hall–Kier alpha value is -9.39. The van der Waals surface area contributed by atoms with Crippen LogP contribution in [0.1, 0.15) is 75.2 Å². The molecule has 79 heavy (non-hydrogen) atoms. The Morgan fingerprint density at radius 2 is 1.59 bits per heavy atom. The van der Waals surface area contributed by atoms with Crippen molar-refractivity contribution in [3.63, 3.8) is 0 Å². The lowest BCUT2D eigenvalue weighted by molar-refractivity contribution is -0.139. The second kappa shape index (κ2) is 24.3. The van der Waals surface area contributed by atoms with Gasteiger partial charge in [-0.3, -0.25) is 58.0 Å². The van der Waals surface area contributed by atoms with Gasteiger partial charge in [-0.25, -0.2) is 15.0 Å². The number of nitrogens with two attached hydrogens (primary N) is 1. The molecule has 0 radical (unpaired) electrons. The van der Waals surface area contributed by atoms with Crippen LogP contribution in [0.4, 0.5) is 28.7 Å². The fourth-order valence-corrected chi connectivity index (χ4v) is 9.90. The van der Waals surface area contributed by atoms with Crippen molar-refractivity contribution in [3.8, 4) is 17.1 Å². The summed E-state index contributed by atoms with van der Waals surface area (Å²) in [5.74, 6) is -2.62. The third-order valence-electron chi connectivity index (χ3n) is 14.1. The Balaban J connectivity index is 0.812. The predicted molar refractivity (Wildman–Crippen MR) is 284 cm³/mol. The van der Waals surface area contributed by atoms with Gasteiger partial charge in [0.1, 0.15) is 29.8 Å². The Morgan fingerprint density at radius 3 is 2.30 bits per heavy atom. The topological polar surface area (TPSA) is 316 Å². The van der Waals surface area contributed by atoms with Crippen LogP contribution in [0.3, 0.4) is 0 Å². The van der Waals surface area contributed by atoms with E-state index in [2.05, 4.69) is 46.2 Å². The van der Waals surface area contributed by atoms with Crippen LogP contribution in [0.2, 0.25) is 0 Å².